The van der Waals surface area contributed by atoms with E-state index in [9.17, 15) is 4.79 Å². The molecule has 0 fully saturated rings. The molecule has 0 bridgehead atoms. The molecular formula is C21H17Cl6NO. The summed E-state index contributed by atoms with van der Waals surface area (Å²) in [4.78, 5) is 15.2. The number of hydrogen-bond donors (Lipinski definition) is 0. The van der Waals surface area contributed by atoms with E-state index in [1.165, 1.54) is 18.2 Å². The number of hydrogen-bond acceptors (Lipinski definition) is 2. The molecule has 0 N–H and O–H groups in total. The van der Waals surface area contributed by atoms with Gasteiger partial charge in [-0.05, 0) is 29.8 Å². The minimum absolute atomic E-state index is 0.246. The van der Waals surface area contributed by atoms with E-state index in [2.05, 4.69) is 19.9 Å². The predicted octanol–water partition coefficient (Wildman–Crippen LogP) is 7.83. The average Bonchev–Trinajstić information content (AvgIpc) is 2.81. The van der Waals surface area contributed by atoms with Crippen LogP contribution in [0.5, 0.6) is 0 Å². The molecule has 2 aromatic rings. The van der Waals surface area contributed by atoms with E-state index in [0.29, 0.717) is 0 Å². The Morgan fingerprint density at radius 1 is 0.931 bits per heavy atom. The molecule has 2 nitrogen and oxygen atoms in total. The first kappa shape index (κ1) is 23.1. The van der Waals surface area contributed by atoms with Crippen LogP contribution in [0.2, 0.25) is 0 Å². The molecule has 0 amide bonds. The lowest BCUT2D eigenvalue weighted by molar-refractivity contribution is 0.104. The van der Waals surface area contributed by atoms with Crippen LogP contribution in [-0.2, 0) is 13.0 Å². The summed E-state index contributed by atoms with van der Waals surface area (Å²) in [5.74, 6) is -0.278. The van der Waals surface area contributed by atoms with Gasteiger partial charge in [-0.25, -0.2) is 0 Å². The van der Waals surface area contributed by atoms with Gasteiger partial charge in [0.2, 0.25) is 7.59 Å². The highest BCUT2D eigenvalue weighted by atomic mass is 35.6. The first-order valence-corrected chi connectivity index (χ1v) is 10.9. The Hall–Kier alpha value is -0.610. The fourth-order valence-electron chi connectivity index (χ4n) is 3.56. The van der Waals surface area contributed by atoms with E-state index < -0.39 is 7.59 Å². The normalized spacial score (nSPS) is 17.6. The van der Waals surface area contributed by atoms with Crippen LogP contribution in [0.25, 0.3) is 0 Å². The predicted molar refractivity (Wildman–Crippen MR) is 125 cm³/mol. The number of allylic oxidation sites excluding steroid dienone is 2. The maximum absolute atomic E-state index is 13.2. The summed E-state index contributed by atoms with van der Waals surface area (Å²) in [6.07, 6.45) is 1.58. The van der Waals surface area contributed by atoms with Crippen LogP contribution in [0.15, 0.2) is 54.2 Å². The molecule has 0 unspecified atom stereocenters. The van der Waals surface area contributed by atoms with Crippen molar-refractivity contribution in [3.63, 3.8) is 0 Å². The van der Waals surface area contributed by atoms with Gasteiger partial charge in [0.1, 0.15) is 0 Å². The number of carbonyl (C=O) groups is 1. The smallest absolute Gasteiger partial charge is 0.216 e. The van der Waals surface area contributed by atoms with Gasteiger partial charge in [0.05, 0.1) is 0 Å². The number of carbonyl (C=O) groups excluding carboxylic acids is 1. The van der Waals surface area contributed by atoms with Crippen LogP contribution >= 0.6 is 69.6 Å². The molecule has 0 saturated carbocycles. The second kappa shape index (κ2) is 7.82. The van der Waals surface area contributed by atoms with Gasteiger partial charge in [-0.15, -0.1) is 0 Å². The lowest BCUT2D eigenvalue weighted by Gasteiger charge is -2.24. The number of anilines is 1. The number of fused-ring (bicyclic) bond motifs is 1. The van der Waals surface area contributed by atoms with Crippen LogP contribution in [0.3, 0.4) is 0 Å². The van der Waals surface area contributed by atoms with Crippen molar-refractivity contribution < 1.29 is 4.79 Å². The first-order valence-electron chi connectivity index (χ1n) is 8.62. The van der Waals surface area contributed by atoms with Crippen molar-refractivity contribution in [3.8, 4) is 0 Å². The lowest BCUT2D eigenvalue weighted by atomic mass is 9.83. The zero-order valence-electron chi connectivity index (χ0n) is 15.7. The Labute approximate surface area is 200 Å². The van der Waals surface area contributed by atoms with E-state index in [4.69, 9.17) is 69.6 Å². The van der Waals surface area contributed by atoms with Crippen LogP contribution in [0.4, 0.5) is 5.69 Å². The number of rotatable bonds is 2. The molecule has 154 valence electrons. The zero-order valence-corrected chi connectivity index (χ0v) is 20.3. The minimum Gasteiger partial charge on any atom is -0.347 e. The van der Waals surface area contributed by atoms with E-state index in [1.54, 1.807) is 6.08 Å². The van der Waals surface area contributed by atoms with Gasteiger partial charge in [-0.3, -0.25) is 4.79 Å². The lowest BCUT2D eigenvalue weighted by Crippen LogP contribution is -2.24. The molecule has 0 spiro atoms. The Bertz CT molecular complexity index is 969. The largest absolute Gasteiger partial charge is 0.347 e. The first-order chi connectivity index (χ1) is 13.2. The standard InChI is InChI=1S/C21H17Cl6NO/c1-19(2)15-6-4-5-7-16(15)28(3)18(19)11-17(29)12-8-13(20(22,23)24)10-14(9-12)21(25,26)27/h4-11H,1-3H3. The van der Waals surface area contributed by atoms with E-state index >= 15 is 0 Å². The Kier molecular flexibility index (Phi) is 6.22. The molecule has 1 heterocycles. The fourth-order valence-corrected chi connectivity index (χ4v) is 4.22. The zero-order chi connectivity index (χ0) is 21.8. The van der Waals surface area contributed by atoms with Crippen molar-refractivity contribution in [1.82, 2.24) is 0 Å². The molecule has 8 heteroatoms. The summed E-state index contributed by atoms with van der Waals surface area (Å²) < 4.78 is -3.54. The molecule has 0 radical (unpaired) electrons. The highest BCUT2D eigenvalue weighted by Crippen LogP contribution is 2.47. The Morgan fingerprint density at radius 2 is 1.45 bits per heavy atom. The highest BCUT2D eigenvalue weighted by molar-refractivity contribution is 6.67. The third kappa shape index (κ3) is 4.54. The van der Waals surface area contributed by atoms with Crippen molar-refractivity contribution in [2.45, 2.75) is 26.8 Å². The summed E-state index contributed by atoms with van der Waals surface area (Å²) in [5, 5.41) is 0. The molecule has 1 aliphatic rings. The van der Waals surface area contributed by atoms with E-state index in [1.807, 2.05) is 30.1 Å². The van der Waals surface area contributed by atoms with Gasteiger partial charge in [0, 0.05) is 46.6 Å². The molecule has 0 atom stereocenters. The van der Waals surface area contributed by atoms with Crippen molar-refractivity contribution in [1.29, 1.82) is 0 Å². The third-order valence-corrected chi connectivity index (χ3v) is 6.39. The topological polar surface area (TPSA) is 20.3 Å². The average molecular weight is 512 g/mol. The third-order valence-electron chi connectivity index (χ3n) is 5.08. The Balaban J connectivity index is 2.10. The maximum atomic E-state index is 13.2. The van der Waals surface area contributed by atoms with Gasteiger partial charge in [-0.1, -0.05) is 102 Å². The Morgan fingerprint density at radius 3 is 1.93 bits per heavy atom. The minimum atomic E-state index is -1.77. The number of benzene rings is 2. The summed E-state index contributed by atoms with van der Waals surface area (Å²) in [5.41, 5.74) is 3.44. The summed E-state index contributed by atoms with van der Waals surface area (Å²) in [6, 6.07) is 12.5. The summed E-state index contributed by atoms with van der Waals surface area (Å²) in [6.45, 7) is 4.14. The van der Waals surface area contributed by atoms with Gasteiger partial charge >= 0.3 is 0 Å². The summed E-state index contributed by atoms with van der Waals surface area (Å²) >= 11 is 36.1. The summed E-state index contributed by atoms with van der Waals surface area (Å²) in [7, 11) is 1.93. The van der Waals surface area contributed by atoms with Gasteiger partial charge in [-0.2, -0.15) is 0 Å². The molecule has 29 heavy (non-hydrogen) atoms. The monoisotopic (exact) mass is 509 g/mol. The number of halogens is 6. The second-order valence-electron chi connectivity index (χ2n) is 7.39. The van der Waals surface area contributed by atoms with Crippen LogP contribution in [0.1, 0.15) is 40.9 Å². The van der Waals surface area contributed by atoms with E-state index in [0.717, 1.165) is 16.9 Å². The highest BCUT2D eigenvalue weighted by Gasteiger charge is 2.39. The van der Waals surface area contributed by atoms with Gasteiger partial charge in [0.25, 0.3) is 0 Å². The second-order valence-corrected chi connectivity index (χ2v) is 12.0. The molecule has 0 saturated heterocycles. The molecule has 3 rings (SSSR count). The molecule has 0 aromatic heterocycles. The molecule has 1 aliphatic heterocycles. The number of alkyl halides is 6. The molecule has 2 aromatic carbocycles. The SMILES string of the molecule is CN1C(=CC(=O)c2cc(C(Cl)(Cl)Cl)cc(C(Cl)(Cl)Cl)c2)C(C)(C)c2ccccc21. The van der Waals surface area contributed by atoms with Crippen LogP contribution < -0.4 is 4.90 Å². The van der Waals surface area contributed by atoms with Gasteiger partial charge < -0.3 is 4.90 Å². The molecular weight excluding hydrogens is 495 g/mol. The number of likely N-dealkylation sites (N-methyl/N-ethyl adjacent to an activating group) is 1. The number of nitrogens with zero attached hydrogens (tertiary/aromatic N) is 1. The number of para-hydroxylation sites is 1. The van der Waals surface area contributed by atoms with Crippen LogP contribution in [0, 0.1) is 0 Å². The molecule has 0 aliphatic carbocycles. The quantitative estimate of drug-likeness (QED) is 0.232. The van der Waals surface area contributed by atoms with Crippen molar-refractivity contribution in [2.24, 2.45) is 0 Å². The van der Waals surface area contributed by atoms with Crippen molar-refractivity contribution in [3.05, 3.63) is 76.5 Å². The van der Waals surface area contributed by atoms with E-state index in [-0.39, 0.29) is 27.9 Å². The van der Waals surface area contributed by atoms with Gasteiger partial charge in [0.15, 0.2) is 5.78 Å². The van der Waals surface area contributed by atoms with Crippen molar-refractivity contribution in [2.75, 3.05) is 11.9 Å². The number of ketones is 1. The maximum Gasteiger partial charge on any atom is 0.216 e. The van der Waals surface area contributed by atoms with Crippen molar-refractivity contribution >= 4 is 81.1 Å². The fraction of sp³-hybridized carbons (Fsp3) is 0.286. The van der Waals surface area contributed by atoms with Crippen LogP contribution in [-0.4, -0.2) is 12.8 Å².